The van der Waals surface area contributed by atoms with E-state index in [0.29, 0.717) is 12.2 Å². The molecule has 0 aliphatic heterocycles. The van der Waals surface area contributed by atoms with Crippen molar-refractivity contribution in [3.8, 4) is 0 Å². The van der Waals surface area contributed by atoms with Crippen molar-refractivity contribution in [3.63, 3.8) is 0 Å². The number of aliphatic hydroxyl groups is 1. The summed E-state index contributed by atoms with van der Waals surface area (Å²) in [6.45, 7) is 7.15. The first-order valence-corrected chi connectivity index (χ1v) is 4.20. The molecule has 4 nitrogen and oxygen atoms in total. The third-order valence-corrected chi connectivity index (χ3v) is 1.30. The van der Waals surface area contributed by atoms with Gasteiger partial charge in [0.25, 0.3) is 0 Å². The van der Waals surface area contributed by atoms with Crippen LogP contribution in [0.4, 0.5) is 0 Å². The van der Waals surface area contributed by atoms with Crippen LogP contribution in [0.15, 0.2) is 12.2 Å². The molecule has 1 unspecified atom stereocenters. The number of esters is 1. The average Bonchev–Trinajstić information content (AvgIpc) is 2.05. The Kier molecular flexibility index (Phi) is 6.18. The summed E-state index contributed by atoms with van der Waals surface area (Å²) in [5, 5.41) is 8.62. The fourth-order valence-corrected chi connectivity index (χ4v) is 0.688. The van der Waals surface area contributed by atoms with Gasteiger partial charge in [-0.05, 0) is 13.8 Å². The van der Waals surface area contributed by atoms with Crippen molar-refractivity contribution in [2.24, 2.45) is 0 Å². The topological polar surface area (TPSA) is 55.8 Å². The summed E-state index contributed by atoms with van der Waals surface area (Å²) in [5.41, 5.74) is 0.322. The monoisotopic (exact) mass is 188 g/mol. The maximum atomic E-state index is 11.0. The molecule has 0 aliphatic rings. The Labute approximate surface area is 78.2 Å². The van der Waals surface area contributed by atoms with E-state index in [-0.39, 0.29) is 13.0 Å². The lowest BCUT2D eigenvalue weighted by molar-refractivity contribution is -0.175. The zero-order valence-electron chi connectivity index (χ0n) is 8.08. The van der Waals surface area contributed by atoms with Gasteiger partial charge in [0.1, 0.15) is 0 Å². The molecule has 0 aromatic carbocycles. The molecule has 0 radical (unpaired) electrons. The van der Waals surface area contributed by atoms with Gasteiger partial charge in [0, 0.05) is 25.2 Å². The van der Waals surface area contributed by atoms with Crippen LogP contribution < -0.4 is 0 Å². The largest absolute Gasteiger partial charge is 0.432 e. The summed E-state index contributed by atoms with van der Waals surface area (Å²) in [6, 6.07) is 0. The van der Waals surface area contributed by atoms with E-state index in [4.69, 9.17) is 14.6 Å². The predicted octanol–water partition coefficient (Wildman–Crippen LogP) is 0.851. The summed E-state index contributed by atoms with van der Waals surface area (Å²) >= 11 is 0. The van der Waals surface area contributed by atoms with Crippen LogP contribution in [0.3, 0.4) is 0 Å². The fourth-order valence-electron chi connectivity index (χ4n) is 0.688. The van der Waals surface area contributed by atoms with Gasteiger partial charge < -0.3 is 14.6 Å². The second-order valence-electron chi connectivity index (χ2n) is 2.58. The summed E-state index contributed by atoms with van der Waals surface area (Å²) in [7, 11) is 0. The molecule has 1 N–H and O–H groups in total. The van der Waals surface area contributed by atoms with Gasteiger partial charge in [-0.25, -0.2) is 4.79 Å². The Balaban J connectivity index is 3.93. The Morgan fingerprint density at radius 3 is 2.62 bits per heavy atom. The van der Waals surface area contributed by atoms with Crippen LogP contribution in [0.5, 0.6) is 0 Å². The van der Waals surface area contributed by atoms with Crippen molar-refractivity contribution in [1.82, 2.24) is 0 Å². The van der Waals surface area contributed by atoms with E-state index in [1.807, 2.05) is 0 Å². The van der Waals surface area contributed by atoms with Gasteiger partial charge in [-0.3, -0.25) is 0 Å². The van der Waals surface area contributed by atoms with E-state index in [0.717, 1.165) is 0 Å². The van der Waals surface area contributed by atoms with Gasteiger partial charge in [0.05, 0.1) is 0 Å². The van der Waals surface area contributed by atoms with Crippen LogP contribution in [0.25, 0.3) is 0 Å². The Morgan fingerprint density at radius 1 is 1.62 bits per heavy atom. The molecule has 76 valence electrons. The van der Waals surface area contributed by atoms with Crippen molar-refractivity contribution in [2.75, 3.05) is 13.2 Å². The predicted molar refractivity (Wildman–Crippen MR) is 48.0 cm³/mol. The zero-order valence-corrected chi connectivity index (χ0v) is 8.08. The van der Waals surface area contributed by atoms with Crippen LogP contribution in [0, 0.1) is 0 Å². The van der Waals surface area contributed by atoms with Gasteiger partial charge >= 0.3 is 5.97 Å². The highest BCUT2D eigenvalue weighted by Crippen LogP contribution is 2.04. The first-order valence-electron chi connectivity index (χ1n) is 4.20. The number of hydrogen-bond acceptors (Lipinski definition) is 4. The van der Waals surface area contributed by atoms with Crippen molar-refractivity contribution in [2.45, 2.75) is 26.6 Å². The molecule has 0 rings (SSSR count). The average molecular weight is 188 g/mol. The third-order valence-electron chi connectivity index (χ3n) is 1.30. The quantitative estimate of drug-likeness (QED) is 0.381. The molecule has 0 heterocycles. The Morgan fingerprint density at radius 2 is 2.23 bits per heavy atom. The van der Waals surface area contributed by atoms with Crippen LogP contribution in [0.2, 0.25) is 0 Å². The normalized spacial score (nSPS) is 12.2. The van der Waals surface area contributed by atoms with E-state index in [9.17, 15) is 4.79 Å². The van der Waals surface area contributed by atoms with E-state index in [2.05, 4.69) is 6.58 Å². The van der Waals surface area contributed by atoms with Crippen LogP contribution in [-0.4, -0.2) is 30.6 Å². The lowest BCUT2D eigenvalue weighted by Crippen LogP contribution is -2.23. The highest BCUT2D eigenvalue weighted by atomic mass is 16.7. The lowest BCUT2D eigenvalue weighted by atomic mass is 10.3. The minimum atomic E-state index is -0.667. The maximum Gasteiger partial charge on any atom is 0.335 e. The molecule has 4 heteroatoms. The van der Waals surface area contributed by atoms with Gasteiger partial charge in [-0.2, -0.15) is 0 Å². The summed E-state index contributed by atoms with van der Waals surface area (Å²) < 4.78 is 9.93. The number of carbonyl (C=O) groups excluding carboxylic acids is 1. The molecule has 1 atom stereocenters. The molecule has 13 heavy (non-hydrogen) atoms. The Bertz CT molecular complexity index is 170. The SMILES string of the molecule is C=C(C)C(=O)OC(CCO)OCC. The second-order valence-corrected chi connectivity index (χ2v) is 2.58. The summed E-state index contributed by atoms with van der Waals surface area (Å²) in [5.74, 6) is -0.494. The molecule has 0 saturated heterocycles. The molecule has 0 aliphatic carbocycles. The maximum absolute atomic E-state index is 11.0. The third kappa shape index (κ3) is 5.38. The summed E-state index contributed by atoms with van der Waals surface area (Å²) in [4.78, 5) is 11.0. The molecule has 0 bridgehead atoms. The molecular weight excluding hydrogens is 172 g/mol. The highest BCUT2D eigenvalue weighted by Gasteiger charge is 2.13. The summed E-state index contributed by atoms with van der Waals surface area (Å²) in [6.07, 6.45) is -0.383. The smallest absolute Gasteiger partial charge is 0.335 e. The molecular formula is C9H16O4. The number of aliphatic hydroxyl groups excluding tert-OH is 1. The number of ether oxygens (including phenoxy) is 2. The van der Waals surface area contributed by atoms with Crippen molar-refractivity contribution >= 4 is 5.97 Å². The molecule has 0 aromatic heterocycles. The molecule has 0 saturated carbocycles. The van der Waals surface area contributed by atoms with E-state index in [1.54, 1.807) is 13.8 Å². The Hall–Kier alpha value is -0.870. The van der Waals surface area contributed by atoms with Gasteiger partial charge in [-0.1, -0.05) is 6.58 Å². The molecule has 0 aromatic rings. The van der Waals surface area contributed by atoms with Crippen LogP contribution >= 0.6 is 0 Å². The minimum Gasteiger partial charge on any atom is -0.432 e. The van der Waals surface area contributed by atoms with Crippen LogP contribution in [0.1, 0.15) is 20.3 Å². The van der Waals surface area contributed by atoms with Gasteiger partial charge in [0.2, 0.25) is 6.29 Å². The van der Waals surface area contributed by atoms with Crippen molar-refractivity contribution in [3.05, 3.63) is 12.2 Å². The molecule has 0 spiro atoms. The lowest BCUT2D eigenvalue weighted by Gasteiger charge is -2.16. The first kappa shape index (κ1) is 12.1. The van der Waals surface area contributed by atoms with E-state index in [1.165, 1.54) is 0 Å². The van der Waals surface area contributed by atoms with Crippen LogP contribution in [-0.2, 0) is 14.3 Å². The second kappa shape index (κ2) is 6.62. The van der Waals surface area contributed by atoms with Crippen molar-refractivity contribution in [1.29, 1.82) is 0 Å². The van der Waals surface area contributed by atoms with Crippen molar-refractivity contribution < 1.29 is 19.4 Å². The number of rotatable bonds is 6. The molecule has 0 amide bonds. The minimum absolute atomic E-state index is 0.0753. The first-order chi connectivity index (χ1) is 6.11. The highest BCUT2D eigenvalue weighted by molar-refractivity contribution is 5.86. The molecule has 0 fully saturated rings. The van der Waals surface area contributed by atoms with E-state index < -0.39 is 12.3 Å². The fraction of sp³-hybridized carbons (Fsp3) is 0.667. The van der Waals surface area contributed by atoms with Gasteiger partial charge in [0.15, 0.2) is 0 Å². The number of carbonyl (C=O) groups is 1. The van der Waals surface area contributed by atoms with E-state index >= 15 is 0 Å². The standard InChI is InChI=1S/C9H16O4/c1-4-12-8(5-6-10)13-9(11)7(2)3/h8,10H,2,4-6H2,1,3H3. The number of hydrogen-bond donors (Lipinski definition) is 1. The zero-order chi connectivity index (χ0) is 10.3. The van der Waals surface area contributed by atoms with Gasteiger partial charge in [-0.15, -0.1) is 0 Å².